The van der Waals surface area contributed by atoms with E-state index in [1.807, 2.05) is 0 Å². The third-order valence-electron chi connectivity index (χ3n) is 3.06. The fourth-order valence-electron chi connectivity index (χ4n) is 1.98. The number of rotatable bonds is 6. The molecule has 0 saturated carbocycles. The zero-order valence-corrected chi connectivity index (χ0v) is 13.1. The van der Waals surface area contributed by atoms with Crippen molar-refractivity contribution < 1.29 is 32.7 Å². The third-order valence-corrected chi connectivity index (χ3v) is 3.06. The molecule has 0 unspecified atom stereocenters. The van der Waals surface area contributed by atoms with Gasteiger partial charge in [0, 0.05) is 38.2 Å². The van der Waals surface area contributed by atoms with Crippen LogP contribution in [0.5, 0.6) is 0 Å². The van der Waals surface area contributed by atoms with Crippen molar-refractivity contribution in [2.45, 2.75) is 25.9 Å². The molecule has 2 N–H and O–H groups in total. The van der Waals surface area contributed by atoms with Gasteiger partial charge in [0.25, 0.3) is 5.91 Å². The number of amides is 2. The van der Waals surface area contributed by atoms with Crippen LogP contribution in [0.2, 0.25) is 0 Å². The summed E-state index contributed by atoms with van der Waals surface area (Å²) in [5.41, 5.74) is -1.44. The first-order valence-corrected chi connectivity index (χ1v) is 6.98. The maximum atomic E-state index is 12.9. The smallest absolute Gasteiger partial charge is 0.416 e. The Hall–Kier alpha value is -2.58. The van der Waals surface area contributed by atoms with Crippen LogP contribution in [0, 0.1) is 0 Å². The highest BCUT2D eigenvalue weighted by molar-refractivity contribution is 5.97. The number of carbonyl (C=O) groups excluding carboxylic acids is 2. The second-order valence-electron chi connectivity index (χ2n) is 5.20. The van der Waals surface area contributed by atoms with Gasteiger partial charge in [-0.1, -0.05) is 0 Å². The van der Waals surface area contributed by atoms with Crippen LogP contribution in [0.25, 0.3) is 0 Å². The van der Waals surface area contributed by atoms with Crippen LogP contribution in [0.3, 0.4) is 0 Å². The van der Waals surface area contributed by atoms with Crippen LogP contribution in [0.1, 0.15) is 35.7 Å². The van der Waals surface area contributed by atoms with Crippen molar-refractivity contribution in [2.75, 3.05) is 18.9 Å². The van der Waals surface area contributed by atoms with Crippen LogP contribution in [-0.2, 0) is 15.8 Å². The molecule has 0 heterocycles. The molecule has 0 aromatic heterocycles. The van der Waals surface area contributed by atoms with Gasteiger partial charge in [0.05, 0.1) is 5.56 Å². The van der Waals surface area contributed by atoms with Crippen molar-refractivity contribution in [2.24, 2.45) is 0 Å². The molecule has 0 bridgehead atoms. The van der Waals surface area contributed by atoms with E-state index in [1.54, 1.807) is 0 Å². The molecule has 0 aliphatic heterocycles. The number of carbonyl (C=O) groups is 3. The molecule has 1 aromatic carbocycles. The second-order valence-corrected chi connectivity index (χ2v) is 5.20. The van der Waals surface area contributed by atoms with Gasteiger partial charge in [-0.2, -0.15) is 13.2 Å². The Labute approximate surface area is 136 Å². The molecule has 24 heavy (non-hydrogen) atoms. The Morgan fingerprint density at radius 3 is 2.33 bits per heavy atom. The normalized spacial score (nSPS) is 11.0. The maximum absolute atomic E-state index is 12.9. The molecule has 0 radical (unpaired) electrons. The van der Waals surface area contributed by atoms with E-state index in [2.05, 4.69) is 5.32 Å². The van der Waals surface area contributed by atoms with Gasteiger partial charge in [0.1, 0.15) is 0 Å². The van der Waals surface area contributed by atoms with Crippen LogP contribution in [-0.4, -0.2) is 41.4 Å². The topological polar surface area (TPSA) is 86.7 Å². The lowest BCUT2D eigenvalue weighted by Crippen LogP contribution is -2.28. The molecule has 0 aliphatic carbocycles. The molecule has 0 spiro atoms. The number of hydrogen-bond acceptors (Lipinski definition) is 3. The summed E-state index contributed by atoms with van der Waals surface area (Å²) in [6, 6.07) is 2.58. The molecule has 0 aliphatic rings. The summed E-state index contributed by atoms with van der Waals surface area (Å²) in [6.45, 7) is 1.22. The molecule has 9 heteroatoms. The zero-order valence-electron chi connectivity index (χ0n) is 13.1. The summed E-state index contributed by atoms with van der Waals surface area (Å²) in [4.78, 5) is 34.9. The van der Waals surface area contributed by atoms with Crippen molar-refractivity contribution in [3.63, 3.8) is 0 Å². The number of benzene rings is 1. The van der Waals surface area contributed by atoms with Crippen LogP contribution in [0.15, 0.2) is 18.2 Å². The number of aliphatic carboxylic acids is 1. The monoisotopic (exact) mass is 346 g/mol. The molecule has 0 fully saturated rings. The summed E-state index contributed by atoms with van der Waals surface area (Å²) < 4.78 is 38.8. The molecule has 0 saturated heterocycles. The molecule has 2 amide bonds. The summed E-state index contributed by atoms with van der Waals surface area (Å²) in [5, 5.41) is 10.8. The lowest BCUT2D eigenvalue weighted by molar-refractivity contribution is -0.138. The number of anilines is 1. The third kappa shape index (κ3) is 5.90. The van der Waals surface area contributed by atoms with E-state index >= 15 is 0 Å². The van der Waals surface area contributed by atoms with Crippen molar-refractivity contribution in [3.8, 4) is 0 Å². The van der Waals surface area contributed by atoms with Crippen molar-refractivity contribution >= 4 is 23.5 Å². The van der Waals surface area contributed by atoms with Gasteiger partial charge in [-0.05, 0) is 24.6 Å². The largest absolute Gasteiger partial charge is 0.481 e. The van der Waals surface area contributed by atoms with Gasteiger partial charge in [-0.15, -0.1) is 0 Å². The molecule has 0 atom stereocenters. The summed E-state index contributed by atoms with van der Waals surface area (Å²) in [5.74, 6) is -2.29. The van der Waals surface area contributed by atoms with Crippen LogP contribution >= 0.6 is 0 Å². The predicted molar refractivity (Wildman–Crippen MR) is 79.6 cm³/mol. The van der Waals surface area contributed by atoms with E-state index in [-0.39, 0.29) is 30.6 Å². The molecule has 132 valence electrons. The van der Waals surface area contributed by atoms with Gasteiger partial charge in [-0.25, -0.2) is 0 Å². The number of carboxylic acid groups (broad SMARTS) is 1. The Morgan fingerprint density at radius 1 is 1.21 bits per heavy atom. The van der Waals surface area contributed by atoms with E-state index in [0.29, 0.717) is 6.07 Å². The lowest BCUT2D eigenvalue weighted by atomic mass is 10.1. The van der Waals surface area contributed by atoms with E-state index < -0.39 is 29.5 Å². The Morgan fingerprint density at radius 2 is 1.83 bits per heavy atom. The molecular formula is C15H17F3N2O4. The number of carboxylic acids is 1. The Balaban J connectivity index is 3.05. The second kappa shape index (κ2) is 7.80. The highest BCUT2D eigenvalue weighted by Gasteiger charge is 2.32. The Kier molecular flexibility index (Phi) is 6.33. The number of alkyl halides is 3. The summed E-state index contributed by atoms with van der Waals surface area (Å²) in [7, 11) is 1.36. The number of halogens is 3. The number of nitrogens with zero attached hydrogens (tertiary/aromatic N) is 1. The SMILES string of the molecule is CC(=O)Nc1cc(C(=O)N(C)CCCC(=O)O)cc(C(F)(F)F)c1. The van der Waals surface area contributed by atoms with Gasteiger partial charge in [0.2, 0.25) is 5.91 Å². The maximum Gasteiger partial charge on any atom is 0.416 e. The molecule has 1 rings (SSSR count). The lowest BCUT2D eigenvalue weighted by Gasteiger charge is -2.18. The van der Waals surface area contributed by atoms with E-state index in [9.17, 15) is 27.6 Å². The summed E-state index contributed by atoms with van der Waals surface area (Å²) in [6.07, 6.45) is -4.65. The fraction of sp³-hybridized carbons (Fsp3) is 0.400. The van der Waals surface area contributed by atoms with Gasteiger partial charge in [0.15, 0.2) is 0 Å². The van der Waals surface area contributed by atoms with E-state index in [0.717, 1.165) is 24.0 Å². The number of nitrogens with one attached hydrogen (secondary N) is 1. The first-order valence-electron chi connectivity index (χ1n) is 6.98. The van der Waals surface area contributed by atoms with Gasteiger partial charge >= 0.3 is 12.1 Å². The predicted octanol–water partition coefficient (Wildman–Crippen LogP) is 2.60. The first-order chi connectivity index (χ1) is 11.0. The molecule has 1 aromatic rings. The average Bonchev–Trinajstić information content (AvgIpc) is 2.43. The Bertz CT molecular complexity index is 644. The van der Waals surface area contributed by atoms with Crippen LogP contribution in [0.4, 0.5) is 18.9 Å². The fourth-order valence-corrected chi connectivity index (χ4v) is 1.98. The minimum atomic E-state index is -4.68. The van der Waals surface area contributed by atoms with E-state index in [4.69, 9.17) is 5.11 Å². The van der Waals surface area contributed by atoms with Gasteiger partial charge in [-0.3, -0.25) is 14.4 Å². The van der Waals surface area contributed by atoms with Crippen molar-refractivity contribution in [1.29, 1.82) is 0 Å². The summed E-state index contributed by atoms with van der Waals surface area (Å²) >= 11 is 0. The molecule has 6 nitrogen and oxygen atoms in total. The number of hydrogen-bond donors (Lipinski definition) is 2. The molecular weight excluding hydrogens is 329 g/mol. The highest BCUT2D eigenvalue weighted by Crippen LogP contribution is 2.32. The van der Waals surface area contributed by atoms with Gasteiger partial charge < -0.3 is 15.3 Å². The van der Waals surface area contributed by atoms with Crippen molar-refractivity contribution in [3.05, 3.63) is 29.3 Å². The highest BCUT2D eigenvalue weighted by atomic mass is 19.4. The first kappa shape index (κ1) is 19.5. The minimum Gasteiger partial charge on any atom is -0.481 e. The zero-order chi connectivity index (χ0) is 18.5. The average molecular weight is 346 g/mol. The standard InChI is InChI=1S/C15H17F3N2O4/c1-9(21)19-12-7-10(6-11(8-12)15(16,17)18)14(24)20(2)5-3-4-13(22)23/h6-8H,3-5H2,1-2H3,(H,19,21)(H,22,23). The van der Waals surface area contributed by atoms with Crippen LogP contribution < -0.4 is 5.32 Å². The van der Waals surface area contributed by atoms with E-state index in [1.165, 1.54) is 7.05 Å². The quantitative estimate of drug-likeness (QED) is 0.829. The minimum absolute atomic E-state index is 0.0802. The van der Waals surface area contributed by atoms with Crippen molar-refractivity contribution in [1.82, 2.24) is 4.90 Å².